The number of carbonyl (C=O) groups is 1. The lowest BCUT2D eigenvalue weighted by molar-refractivity contribution is -0.122. The van der Waals surface area contributed by atoms with Gasteiger partial charge in [-0.3, -0.25) is 10.2 Å². The number of hydrogen-bond donors (Lipinski definition) is 3. The van der Waals surface area contributed by atoms with Gasteiger partial charge in [0.15, 0.2) is 0 Å². The molecule has 3 atom stereocenters. The molecule has 1 aliphatic heterocycles. The summed E-state index contributed by atoms with van der Waals surface area (Å²) in [5.41, 5.74) is 8.50. The highest BCUT2D eigenvalue weighted by atomic mass is 19.1. The van der Waals surface area contributed by atoms with E-state index in [4.69, 9.17) is 4.74 Å². The number of carbonyl (C=O) groups excluding carboxylic acids is 1. The number of aromatic nitrogens is 1. The molecule has 2 heterocycles. The van der Waals surface area contributed by atoms with Gasteiger partial charge in [-0.1, -0.05) is 18.2 Å². The number of nitrogens with zero attached hydrogens (tertiary/aromatic N) is 1. The third-order valence-corrected chi connectivity index (χ3v) is 5.86. The number of ether oxygens (including phenoxy) is 1. The number of halogens is 1. The predicted octanol–water partition coefficient (Wildman–Crippen LogP) is 3.15. The average Bonchev–Trinajstić information content (AvgIpc) is 3.32. The number of nitrogens with one attached hydrogen (secondary N) is 3. The SMILES string of the molecule is COc1cccc2c1ccn2CCNC(=O)CC1C(C)NNC1c1ccc(F)cc1. The number of amides is 1. The van der Waals surface area contributed by atoms with Gasteiger partial charge < -0.3 is 14.6 Å². The van der Waals surface area contributed by atoms with Gasteiger partial charge in [-0.15, -0.1) is 0 Å². The summed E-state index contributed by atoms with van der Waals surface area (Å²) >= 11 is 0. The molecule has 3 aromatic rings. The Labute approximate surface area is 175 Å². The smallest absolute Gasteiger partial charge is 0.220 e. The molecule has 0 bridgehead atoms. The number of hydrogen-bond acceptors (Lipinski definition) is 4. The van der Waals surface area contributed by atoms with Gasteiger partial charge in [-0.05, 0) is 42.8 Å². The van der Waals surface area contributed by atoms with Gasteiger partial charge in [0, 0.05) is 43.1 Å². The molecule has 1 aromatic heterocycles. The maximum Gasteiger partial charge on any atom is 0.220 e. The largest absolute Gasteiger partial charge is 0.496 e. The Hall–Kier alpha value is -2.90. The molecule has 3 unspecified atom stereocenters. The van der Waals surface area contributed by atoms with Crippen LogP contribution in [0.4, 0.5) is 4.39 Å². The Morgan fingerprint density at radius 2 is 1.97 bits per heavy atom. The molecule has 6 nitrogen and oxygen atoms in total. The Morgan fingerprint density at radius 3 is 2.73 bits per heavy atom. The molecule has 158 valence electrons. The van der Waals surface area contributed by atoms with E-state index in [1.165, 1.54) is 12.1 Å². The zero-order valence-electron chi connectivity index (χ0n) is 17.2. The first kappa shape index (κ1) is 20.4. The Balaban J connectivity index is 1.35. The van der Waals surface area contributed by atoms with E-state index >= 15 is 0 Å². The lowest BCUT2D eigenvalue weighted by Gasteiger charge is -2.21. The van der Waals surface area contributed by atoms with E-state index in [-0.39, 0.29) is 29.7 Å². The second-order valence-corrected chi connectivity index (χ2v) is 7.73. The molecule has 2 aromatic carbocycles. The number of benzene rings is 2. The second kappa shape index (κ2) is 8.85. The van der Waals surface area contributed by atoms with E-state index in [2.05, 4.69) is 20.7 Å². The molecule has 0 radical (unpaired) electrons. The standard InChI is InChI=1S/C23H27FN4O2/c1-15-19(23(27-26-15)16-6-8-17(24)9-7-16)14-22(29)25-11-13-28-12-10-18-20(28)4-3-5-21(18)30-2/h3-10,12,15,19,23,26-27H,11,13-14H2,1-2H3,(H,25,29). The molecule has 0 aliphatic carbocycles. The highest BCUT2D eigenvalue weighted by Crippen LogP contribution is 2.31. The fourth-order valence-corrected chi connectivity index (χ4v) is 4.19. The van der Waals surface area contributed by atoms with E-state index in [1.54, 1.807) is 19.2 Å². The zero-order valence-corrected chi connectivity index (χ0v) is 17.2. The summed E-state index contributed by atoms with van der Waals surface area (Å²) in [7, 11) is 1.67. The van der Waals surface area contributed by atoms with Gasteiger partial charge in [0.2, 0.25) is 5.91 Å². The summed E-state index contributed by atoms with van der Waals surface area (Å²) < 4.78 is 20.8. The first-order chi connectivity index (χ1) is 14.6. The summed E-state index contributed by atoms with van der Waals surface area (Å²) in [4.78, 5) is 12.6. The van der Waals surface area contributed by atoms with Crippen LogP contribution in [0.2, 0.25) is 0 Å². The lowest BCUT2D eigenvalue weighted by atomic mass is 9.87. The fourth-order valence-electron chi connectivity index (χ4n) is 4.19. The van der Waals surface area contributed by atoms with Crippen LogP contribution in [-0.4, -0.2) is 30.2 Å². The maximum absolute atomic E-state index is 13.2. The minimum atomic E-state index is -0.262. The molecule has 1 fully saturated rings. The van der Waals surface area contributed by atoms with Crippen LogP contribution in [0.15, 0.2) is 54.7 Å². The van der Waals surface area contributed by atoms with Gasteiger partial charge in [0.1, 0.15) is 11.6 Å². The maximum atomic E-state index is 13.2. The first-order valence-corrected chi connectivity index (χ1v) is 10.2. The molecule has 0 spiro atoms. The molecule has 4 rings (SSSR count). The molecule has 30 heavy (non-hydrogen) atoms. The van der Waals surface area contributed by atoms with Crippen molar-refractivity contribution in [3.05, 3.63) is 66.1 Å². The lowest BCUT2D eigenvalue weighted by Crippen LogP contribution is -2.32. The Kier molecular flexibility index (Phi) is 6.01. The van der Waals surface area contributed by atoms with Crippen molar-refractivity contribution < 1.29 is 13.9 Å². The van der Waals surface area contributed by atoms with Crippen LogP contribution in [0.3, 0.4) is 0 Å². The number of hydrazine groups is 1. The van der Waals surface area contributed by atoms with Crippen LogP contribution >= 0.6 is 0 Å². The van der Waals surface area contributed by atoms with E-state index in [0.29, 0.717) is 19.5 Å². The van der Waals surface area contributed by atoms with Crippen molar-refractivity contribution in [2.45, 2.75) is 32.0 Å². The molecular formula is C23H27FN4O2. The van der Waals surface area contributed by atoms with E-state index in [9.17, 15) is 9.18 Å². The van der Waals surface area contributed by atoms with Crippen LogP contribution in [0.25, 0.3) is 10.9 Å². The van der Waals surface area contributed by atoms with Crippen molar-refractivity contribution >= 4 is 16.8 Å². The summed E-state index contributed by atoms with van der Waals surface area (Å²) in [5, 5.41) is 4.10. The number of fused-ring (bicyclic) bond motifs is 1. The first-order valence-electron chi connectivity index (χ1n) is 10.2. The molecule has 7 heteroatoms. The van der Waals surface area contributed by atoms with Crippen LogP contribution in [-0.2, 0) is 11.3 Å². The summed E-state index contributed by atoms with van der Waals surface area (Å²) in [6, 6.07) is 14.5. The second-order valence-electron chi connectivity index (χ2n) is 7.73. The minimum Gasteiger partial charge on any atom is -0.496 e. The summed E-state index contributed by atoms with van der Waals surface area (Å²) in [6.07, 6.45) is 2.40. The van der Waals surface area contributed by atoms with E-state index < -0.39 is 0 Å². The average molecular weight is 410 g/mol. The van der Waals surface area contributed by atoms with Crippen LogP contribution in [0.1, 0.15) is 24.9 Å². The number of methoxy groups -OCH3 is 1. The van der Waals surface area contributed by atoms with Crippen LogP contribution in [0.5, 0.6) is 5.75 Å². The molecule has 0 saturated carbocycles. The molecular weight excluding hydrogens is 383 g/mol. The zero-order chi connectivity index (χ0) is 21.1. The van der Waals surface area contributed by atoms with Gasteiger partial charge >= 0.3 is 0 Å². The summed E-state index contributed by atoms with van der Waals surface area (Å²) in [6.45, 7) is 3.28. The quantitative estimate of drug-likeness (QED) is 0.560. The van der Waals surface area contributed by atoms with Gasteiger partial charge in [-0.25, -0.2) is 9.82 Å². The Morgan fingerprint density at radius 1 is 1.17 bits per heavy atom. The van der Waals surface area contributed by atoms with Crippen molar-refractivity contribution in [1.29, 1.82) is 0 Å². The van der Waals surface area contributed by atoms with Crippen molar-refractivity contribution in [2.75, 3.05) is 13.7 Å². The van der Waals surface area contributed by atoms with Crippen molar-refractivity contribution in [2.24, 2.45) is 5.92 Å². The summed E-state index contributed by atoms with van der Waals surface area (Å²) in [5.74, 6) is 0.671. The molecule has 1 saturated heterocycles. The monoisotopic (exact) mass is 410 g/mol. The fraction of sp³-hybridized carbons (Fsp3) is 0.348. The van der Waals surface area contributed by atoms with E-state index in [1.807, 2.05) is 37.4 Å². The normalized spacial score (nSPS) is 21.1. The van der Waals surface area contributed by atoms with E-state index in [0.717, 1.165) is 22.2 Å². The molecule has 3 N–H and O–H groups in total. The predicted molar refractivity (Wildman–Crippen MR) is 114 cm³/mol. The van der Waals surface area contributed by atoms with Crippen molar-refractivity contribution in [3.8, 4) is 5.75 Å². The third-order valence-electron chi connectivity index (χ3n) is 5.86. The highest BCUT2D eigenvalue weighted by Gasteiger charge is 2.35. The molecule has 1 amide bonds. The van der Waals surface area contributed by atoms with Crippen LogP contribution in [0, 0.1) is 11.7 Å². The van der Waals surface area contributed by atoms with Crippen LogP contribution < -0.4 is 20.9 Å². The van der Waals surface area contributed by atoms with Gasteiger partial charge in [0.05, 0.1) is 18.7 Å². The highest BCUT2D eigenvalue weighted by molar-refractivity contribution is 5.86. The van der Waals surface area contributed by atoms with Crippen molar-refractivity contribution in [1.82, 2.24) is 20.7 Å². The number of rotatable bonds is 7. The van der Waals surface area contributed by atoms with Gasteiger partial charge in [0.25, 0.3) is 0 Å². The van der Waals surface area contributed by atoms with Crippen molar-refractivity contribution in [3.63, 3.8) is 0 Å². The van der Waals surface area contributed by atoms with Gasteiger partial charge in [-0.2, -0.15) is 0 Å². The Bertz CT molecular complexity index is 1020. The third kappa shape index (κ3) is 4.17. The minimum absolute atomic E-state index is 0.0125. The molecule has 1 aliphatic rings. The topological polar surface area (TPSA) is 67.3 Å².